The molecule has 0 fully saturated rings. The first-order valence-corrected chi connectivity index (χ1v) is 5.35. The van der Waals surface area contributed by atoms with E-state index in [9.17, 15) is 10.1 Å². The molecule has 9 heteroatoms. The molecule has 0 bridgehead atoms. The maximum atomic E-state index is 10.9. The molecular formula is C9H13N7O2. The zero-order valence-corrected chi connectivity index (χ0v) is 10.0. The minimum Gasteiger partial charge on any atom is -0.364 e. The van der Waals surface area contributed by atoms with Gasteiger partial charge in [0.25, 0.3) is 0 Å². The third-order valence-corrected chi connectivity index (χ3v) is 2.49. The Labute approximate surface area is 102 Å². The van der Waals surface area contributed by atoms with Crippen LogP contribution < -0.4 is 5.32 Å². The minimum atomic E-state index is -0.431. The summed E-state index contributed by atoms with van der Waals surface area (Å²) in [4.78, 5) is 14.5. The number of nitro groups is 1. The standard InChI is InChI=1S/C9H13N7O2/c1-6-8(16(17)18)9(15(2)14-6)10-4-3-7-11-5-12-13-7/h5,10H,3-4H2,1-2H3,(H,11,12,13). The molecule has 0 saturated carbocycles. The van der Waals surface area contributed by atoms with E-state index >= 15 is 0 Å². The highest BCUT2D eigenvalue weighted by molar-refractivity contribution is 5.59. The van der Waals surface area contributed by atoms with Crippen molar-refractivity contribution >= 4 is 11.5 Å². The smallest absolute Gasteiger partial charge is 0.333 e. The van der Waals surface area contributed by atoms with Gasteiger partial charge in [-0.05, 0) is 6.92 Å². The second-order valence-electron chi connectivity index (χ2n) is 3.77. The number of aryl methyl sites for hydroxylation is 2. The first kappa shape index (κ1) is 12.0. The van der Waals surface area contributed by atoms with E-state index < -0.39 is 4.92 Å². The van der Waals surface area contributed by atoms with Crippen LogP contribution >= 0.6 is 0 Å². The summed E-state index contributed by atoms with van der Waals surface area (Å²) in [5.41, 5.74) is 0.403. The molecule has 0 aromatic carbocycles. The van der Waals surface area contributed by atoms with Gasteiger partial charge >= 0.3 is 5.69 Å². The Hall–Kier alpha value is -2.45. The summed E-state index contributed by atoms with van der Waals surface area (Å²) < 4.78 is 1.47. The van der Waals surface area contributed by atoms with Crippen molar-refractivity contribution in [3.8, 4) is 0 Å². The maximum absolute atomic E-state index is 10.9. The van der Waals surface area contributed by atoms with Gasteiger partial charge in [0.15, 0.2) is 0 Å². The van der Waals surface area contributed by atoms with Crippen molar-refractivity contribution in [1.82, 2.24) is 25.0 Å². The van der Waals surface area contributed by atoms with E-state index in [0.717, 1.165) is 5.82 Å². The predicted octanol–water partition coefficient (Wildman–Crippen LogP) is 0.409. The lowest BCUT2D eigenvalue weighted by atomic mass is 10.3. The number of aromatic nitrogens is 5. The SMILES string of the molecule is Cc1nn(C)c(NCCc2ncn[nH]2)c1[N+](=O)[O-]. The average molecular weight is 251 g/mol. The molecule has 0 amide bonds. The molecule has 2 aromatic heterocycles. The van der Waals surface area contributed by atoms with Gasteiger partial charge in [0, 0.05) is 20.0 Å². The zero-order chi connectivity index (χ0) is 13.1. The van der Waals surface area contributed by atoms with E-state index in [0.29, 0.717) is 24.5 Å². The van der Waals surface area contributed by atoms with Gasteiger partial charge in [-0.1, -0.05) is 0 Å². The van der Waals surface area contributed by atoms with Crippen molar-refractivity contribution in [3.05, 3.63) is 28.0 Å². The zero-order valence-electron chi connectivity index (χ0n) is 10.0. The summed E-state index contributed by atoms with van der Waals surface area (Å²) in [5, 5.41) is 24.4. The Morgan fingerprint density at radius 1 is 1.61 bits per heavy atom. The van der Waals surface area contributed by atoms with Crippen molar-refractivity contribution in [1.29, 1.82) is 0 Å². The van der Waals surface area contributed by atoms with Crippen LogP contribution in [0.1, 0.15) is 11.5 Å². The van der Waals surface area contributed by atoms with Gasteiger partial charge in [-0.2, -0.15) is 10.2 Å². The Bertz CT molecular complexity index is 546. The van der Waals surface area contributed by atoms with Crippen LogP contribution in [-0.4, -0.2) is 36.4 Å². The summed E-state index contributed by atoms with van der Waals surface area (Å²) in [6.45, 7) is 2.12. The topological polar surface area (TPSA) is 115 Å². The van der Waals surface area contributed by atoms with E-state index in [1.54, 1.807) is 14.0 Å². The second-order valence-corrected chi connectivity index (χ2v) is 3.77. The van der Waals surface area contributed by atoms with E-state index in [1.807, 2.05) is 0 Å². The summed E-state index contributed by atoms with van der Waals surface area (Å²) in [5.74, 6) is 1.13. The molecule has 96 valence electrons. The number of hydrogen-bond donors (Lipinski definition) is 2. The number of anilines is 1. The number of nitrogens with zero attached hydrogens (tertiary/aromatic N) is 5. The number of rotatable bonds is 5. The van der Waals surface area contributed by atoms with Crippen molar-refractivity contribution in [3.63, 3.8) is 0 Å². The summed E-state index contributed by atoms with van der Waals surface area (Å²) >= 11 is 0. The predicted molar refractivity (Wildman–Crippen MR) is 63.2 cm³/mol. The monoisotopic (exact) mass is 251 g/mol. The molecule has 2 rings (SSSR count). The number of nitrogens with one attached hydrogen (secondary N) is 2. The largest absolute Gasteiger partial charge is 0.364 e. The molecule has 2 heterocycles. The Morgan fingerprint density at radius 2 is 2.39 bits per heavy atom. The van der Waals surface area contributed by atoms with Crippen LogP contribution in [0.25, 0.3) is 0 Å². The Morgan fingerprint density at radius 3 is 3.00 bits per heavy atom. The lowest BCUT2D eigenvalue weighted by molar-refractivity contribution is -0.384. The first-order valence-electron chi connectivity index (χ1n) is 5.35. The molecule has 0 saturated heterocycles. The fourth-order valence-electron chi connectivity index (χ4n) is 1.71. The van der Waals surface area contributed by atoms with Gasteiger partial charge in [0.2, 0.25) is 5.82 Å². The molecule has 0 aliphatic carbocycles. The highest BCUT2D eigenvalue weighted by atomic mass is 16.6. The van der Waals surface area contributed by atoms with Crippen LogP contribution in [0, 0.1) is 17.0 Å². The van der Waals surface area contributed by atoms with Crippen LogP contribution in [0.4, 0.5) is 11.5 Å². The molecule has 0 aliphatic rings. The van der Waals surface area contributed by atoms with Crippen LogP contribution in [0.2, 0.25) is 0 Å². The molecule has 9 nitrogen and oxygen atoms in total. The first-order chi connectivity index (χ1) is 8.59. The van der Waals surface area contributed by atoms with Crippen LogP contribution in [0.5, 0.6) is 0 Å². The molecule has 0 atom stereocenters. The Kier molecular flexibility index (Phi) is 3.22. The van der Waals surface area contributed by atoms with Crippen LogP contribution in [0.15, 0.2) is 6.33 Å². The van der Waals surface area contributed by atoms with E-state index in [-0.39, 0.29) is 5.69 Å². The second kappa shape index (κ2) is 4.82. The number of aromatic amines is 1. The summed E-state index contributed by atoms with van der Waals surface area (Å²) in [7, 11) is 1.66. The van der Waals surface area contributed by atoms with E-state index in [2.05, 4.69) is 25.6 Å². The molecule has 2 N–H and O–H groups in total. The molecule has 0 unspecified atom stereocenters. The van der Waals surface area contributed by atoms with E-state index in [4.69, 9.17) is 0 Å². The lowest BCUT2D eigenvalue weighted by Crippen LogP contribution is -2.10. The van der Waals surface area contributed by atoms with Crippen molar-refractivity contribution in [2.45, 2.75) is 13.3 Å². The molecule has 0 radical (unpaired) electrons. The molecule has 2 aromatic rings. The summed E-state index contributed by atoms with van der Waals surface area (Å²) in [6, 6.07) is 0. The Balaban J connectivity index is 2.07. The normalized spacial score (nSPS) is 10.6. The van der Waals surface area contributed by atoms with Gasteiger partial charge in [0.1, 0.15) is 17.8 Å². The molecule has 0 aliphatic heterocycles. The van der Waals surface area contributed by atoms with Crippen LogP contribution in [-0.2, 0) is 13.5 Å². The quantitative estimate of drug-likeness (QED) is 0.587. The lowest BCUT2D eigenvalue weighted by Gasteiger charge is -2.04. The number of hydrogen-bond acceptors (Lipinski definition) is 6. The minimum absolute atomic E-state index is 0.00932. The fraction of sp³-hybridized carbons (Fsp3) is 0.444. The average Bonchev–Trinajstić information content (AvgIpc) is 2.87. The van der Waals surface area contributed by atoms with Crippen molar-refractivity contribution in [2.75, 3.05) is 11.9 Å². The van der Waals surface area contributed by atoms with Gasteiger partial charge in [-0.3, -0.25) is 15.2 Å². The van der Waals surface area contributed by atoms with Crippen molar-refractivity contribution in [2.24, 2.45) is 7.05 Å². The van der Waals surface area contributed by atoms with Gasteiger partial charge in [0.05, 0.1) is 4.92 Å². The van der Waals surface area contributed by atoms with Crippen LogP contribution in [0.3, 0.4) is 0 Å². The number of H-pyrrole nitrogens is 1. The highest BCUT2D eigenvalue weighted by Crippen LogP contribution is 2.26. The molecule has 0 spiro atoms. The summed E-state index contributed by atoms with van der Waals surface area (Å²) in [6.07, 6.45) is 2.02. The highest BCUT2D eigenvalue weighted by Gasteiger charge is 2.23. The fourth-order valence-corrected chi connectivity index (χ4v) is 1.71. The van der Waals surface area contributed by atoms with Crippen molar-refractivity contribution < 1.29 is 4.92 Å². The third kappa shape index (κ3) is 2.29. The maximum Gasteiger partial charge on any atom is 0.333 e. The van der Waals surface area contributed by atoms with E-state index in [1.165, 1.54) is 11.0 Å². The third-order valence-electron chi connectivity index (χ3n) is 2.49. The molecule has 18 heavy (non-hydrogen) atoms. The van der Waals surface area contributed by atoms with Gasteiger partial charge < -0.3 is 5.32 Å². The van der Waals surface area contributed by atoms with Gasteiger partial charge in [-0.15, -0.1) is 0 Å². The molecular weight excluding hydrogens is 238 g/mol. The van der Waals surface area contributed by atoms with Gasteiger partial charge in [-0.25, -0.2) is 9.67 Å².